The van der Waals surface area contributed by atoms with E-state index in [0.717, 1.165) is 19.3 Å². The van der Waals surface area contributed by atoms with Crippen LogP contribution in [-0.2, 0) is 11.2 Å². The van der Waals surface area contributed by atoms with Gasteiger partial charge in [-0.05, 0) is 30.7 Å². The highest BCUT2D eigenvalue weighted by atomic mass is 19.1. The third-order valence-electron chi connectivity index (χ3n) is 5.52. The molecule has 0 atom stereocenters. The molecule has 1 aromatic carbocycles. The quantitative estimate of drug-likeness (QED) is 0.716. The minimum atomic E-state index is -0.662. The molecule has 1 N–H and O–H groups in total. The van der Waals surface area contributed by atoms with Crippen molar-refractivity contribution >= 4 is 17.7 Å². The van der Waals surface area contributed by atoms with E-state index in [1.807, 2.05) is 35.0 Å². The monoisotopic (exact) mass is 413 g/mol. The van der Waals surface area contributed by atoms with Gasteiger partial charge >= 0.3 is 0 Å². The molecule has 2 aromatic rings. The topological polar surface area (TPSA) is 70.6 Å². The summed E-state index contributed by atoms with van der Waals surface area (Å²) in [5.41, 5.74) is 1.01. The summed E-state index contributed by atoms with van der Waals surface area (Å²) in [4.78, 5) is 25.2. The zero-order valence-corrected chi connectivity index (χ0v) is 17.3. The van der Waals surface area contributed by atoms with Crippen molar-refractivity contribution in [1.82, 2.24) is 15.3 Å². The van der Waals surface area contributed by atoms with Gasteiger partial charge in [0.15, 0.2) is 17.3 Å². The number of amides is 1. The standard InChI is InChI=1S/C22H28FN5O2/c1-27(10-9-16-5-3-2-4-6-16)22-25-19(21(29)24-15-17-7-8-17)18(23)20(26-22)28-11-13-30-14-12-28/h2-6,17H,7-15H2,1H3,(H,24,29). The smallest absolute Gasteiger partial charge is 0.273 e. The van der Waals surface area contributed by atoms with E-state index in [1.165, 1.54) is 5.56 Å². The van der Waals surface area contributed by atoms with Crippen LogP contribution in [0.15, 0.2) is 30.3 Å². The van der Waals surface area contributed by atoms with Crippen LogP contribution in [-0.4, -0.2) is 62.3 Å². The molecule has 0 unspecified atom stereocenters. The van der Waals surface area contributed by atoms with Crippen molar-refractivity contribution in [2.24, 2.45) is 5.92 Å². The van der Waals surface area contributed by atoms with Gasteiger partial charge in [-0.2, -0.15) is 4.98 Å². The lowest BCUT2D eigenvalue weighted by Gasteiger charge is -2.29. The lowest BCUT2D eigenvalue weighted by atomic mass is 10.1. The SMILES string of the molecule is CN(CCc1ccccc1)c1nc(C(=O)NCC2CC2)c(F)c(N2CCOCC2)n1. The second kappa shape index (κ2) is 9.38. The Labute approximate surface area is 176 Å². The normalized spacial score (nSPS) is 16.4. The average molecular weight is 413 g/mol. The van der Waals surface area contributed by atoms with Crippen LogP contribution in [0.5, 0.6) is 0 Å². The number of aromatic nitrogens is 2. The van der Waals surface area contributed by atoms with E-state index < -0.39 is 11.7 Å². The lowest BCUT2D eigenvalue weighted by molar-refractivity contribution is 0.0942. The Bertz CT molecular complexity index is 869. The Kier molecular flexibility index (Phi) is 6.42. The first kappa shape index (κ1) is 20.5. The molecule has 2 heterocycles. The zero-order valence-electron chi connectivity index (χ0n) is 17.3. The molecule has 160 valence electrons. The molecule has 1 amide bonds. The molecule has 8 heteroatoms. The first-order valence-electron chi connectivity index (χ1n) is 10.6. The average Bonchev–Trinajstić information content (AvgIpc) is 3.62. The Balaban J connectivity index is 1.57. The van der Waals surface area contributed by atoms with Crippen molar-refractivity contribution < 1.29 is 13.9 Å². The molecule has 30 heavy (non-hydrogen) atoms. The number of morpholine rings is 1. The molecule has 2 aliphatic rings. The Morgan fingerprint density at radius 1 is 1.23 bits per heavy atom. The summed E-state index contributed by atoms with van der Waals surface area (Å²) in [5.74, 6) is -0.109. The summed E-state index contributed by atoms with van der Waals surface area (Å²) in [6.07, 6.45) is 3.02. The van der Waals surface area contributed by atoms with E-state index in [4.69, 9.17) is 4.74 Å². The number of likely N-dealkylation sites (N-methyl/N-ethyl adjacent to an activating group) is 1. The number of carbonyl (C=O) groups is 1. The molecule has 0 radical (unpaired) electrons. The van der Waals surface area contributed by atoms with Gasteiger partial charge in [0.2, 0.25) is 5.95 Å². The molecule has 1 aromatic heterocycles. The van der Waals surface area contributed by atoms with Crippen molar-refractivity contribution in [2.45, 2.75) is 19.3 Å². The van der Waals surface area contributed by atoms with Gasteiger partial charge in [-0.1, -0.05) is 30.3 Å². The van der Waals surface area contributed by atoms with Crippen LogP contribution in [0.2, 0.25) is 0 Å². The van der Waals surface area contributed by atoms with Crippen molar-refractivity contribution in [3.63, 3.8) is 0 Å². The fourth-order valence-electron chi connectivity index (χ4n) is 3.41. The molecule has 0 spiro atoms. The summed E-state index contributed by atoms with van der Waals surface area (Å²) < 4.78 is 20.6. The van der Waals surface area contributed by atoms with Crippen LogP contribution < -0.4 is 15.1 Å². The summed E-state index contributed by atoms with van der Waals surface area (Å²) in [6.45, 7) is 3.29. The molecular formula is C22H28FN5O2. The maximum absolute atomic E-state index is 15.3. The predicted molar refractivity (Wildman–Crippen MR) is 113 cm³/mol. The van der Waals surface area contributed by atoms with Crippen molar-refractivity contribution in [2.75, 3.05) is 56.2 Å². The fraction of sp³-hybridized carbons (Fsp3) is 0.500. The van der Waals surface area contributed by atoms with Crippen LogP contribution in [0.25, 0.3) is 0 Å². The van der Waals surface area contributed by atoms with Crippen molar-refractivity contribution in [3.05, 3.63) is 47.4 Å². The van der Waals surface area contributed by atoms with Gasteiger partial charge in [0.25, 0.3) is 5.91 Å². The van der Waals surface area contributed by atoms with E-state index in [2.05, 4.69) is 27.4 Å². The highest BCUT2D eigenvalue weighted by molar-refractivity contribution is 5.93. The lowest BCUT2D eigenvalue weighted by Crippen LogP contribution is -2.39. The predicted octanol–water partition coefficient (Wildman–Crippen LogP) is 2.27. The fourth-order valence-corrected chi connectivity index (χ4v) is 3.41. The molecule has 1 aliphatic carbocycles. The summed E-state index contributed by atoms with van der Waals surface area (Å²) in [7, 11) is 1.87. The number of nitrogens with one attached hydrogen (secondary N) is 1. The maximum atomic E-state index is 15.3. The summed E-state index contributed by atoms with van der Waals surface area (Å²) in [6, 6.07) is 10.1. The number of carbonyl (C=O) groups excluding carboxylic acids is 1. The second-order valence-electron chi connectivity index (χ2n) is 7.92. The minimum Gasteiger partial charge on any atom is -0.378 e. The number of halogens is 1. The number of hydrogen-bond donors (Lipinski definition) is 1. The maximum Gasteiger partial charge on any atom is 0.273 e. The van der Waals surface area contributed by atoms with Gasteiger partial charge in [-0.3, -0.25) is 4.79 Å². The number of ether oxygens (including phenoxy) is 1. The van der Waals surface area contributed by atoms with E-state index >= 15 is 4.39 Å². The van der Waals surface area contributed by atoms with Gasteiger partial charge < -0.3 is 19.9 Å². The third kappa shape index (κ3) is 5.05. The van der Waals surface area contributed by atoms with Crippen molar-refractivity contribution in [1.29, 1.82) is 0 Å². The number of nitrogens with zero attached hydrogens (tertiary/aromatic N) is 4. The summed E-state index contributed by atoms with van der Waals surface area (Å²) >= 11 is 0. The van der Waals surface area contributed by atoms with Gasteiger partial charge in [0, 0.05) is 33.2 Å². The molecule has 4 rings (SSSR count). The number of benzene rings is 1. The van der Waals surface area contributed by atoms with Crippen molar-refractivity contribution in [3.8, 4) is 0 Å². The Hall–Kier alpha value is -2.74. The number of anilines is 2. The van der Waals surface area contributed by atoms with Gasteiger partial charge in [0.1, 0.15) is 0 Å². The van der Waals surface area contributed by atoms with E-state index in [0.29, 0.717) is 51.3 Å². The molecular weight excluding hydrogens is 385 g/mol. The molecule has 1 saturated heterocycles. The minimum absolute atomic E-state index is 0.173. The van der Waals surface area contributed by atoms with Gasteiger partial charge in [0.05, 0.1) is 13.2 Å². The summed E-state index contributed by atoms with van der Waals surface area (Å²) in [5, 5.41) is 2.82. The molecule has 7 nitrogen and oxygen atoms in total. The third-order valence-corrected chi connectivity index (χ3v) is 5.52. The van der Waals surface area contributed by atoms with E-state index in [9.17, 15) is 4.79 Å². The Morgan fingerprint density at radius 2 is 1.97 bits per heavy atom. The van der Waals surface area contributed by atoms with Gasteiger partial charge in [-0.15, -0.1) is 0 Å². The van der Waals surface area contributed by atoms with Crippen LogP contribution in [0.1, 0.15) is 28.9 Å². The van der Waals surface area contributed by atoms with E-state index in [-0.39, 0.29) is 11.5 Å². The highest BCUT2D eigenvalue weighted by Gasteiger charge is 2.28. The molecule has 2 fully saturated rings. The first-order valence-corrected chi connectivity index (χ1v) is 10.6. The van der Waals surface area contributed by atoms with Gasteiger partial charge in [-0.25, -0.2) is 9.37 Å². The zero-order chi connectivity index (χ0) is 20.9. The molecule has 1 aliphatic heterocycles. The van der Waals surface area contributed by atoms with Crippen LogP contribution in [0, 0.1) is 11.7 Å². The van der Waals surface area contributed by atoms with E-state index in [1.54, 1.807) is 0 Å². The van der Waals surface area contributed by atoms with Crippen LogP contribution >= 0.6 is 0 Å². The van der Waals surface area contributed by atoms with Crippen LogP contribution in [0.4, 0.5) is 16.2 Å². The highest BCUT2D eigenvalue weighted by Crippen LogP contribution is 2.28. The van der Waals surface area contributed by atoms with Crippen LogP contribution in [0.3, 0.4) is 0 Å². The Morgan fingerprint density at radius 3 is 2.67 bits per heavy atom. The number of rotatable bonds is 8. The second-order valence-corrected chi connectivity index (χ2v) is 7.92. The molecule has 0 bridgehead atoms. The largest absolute Gasteiger partial charge is 0.378 e. The molecule has 1 saturated carbocycles. The number of hydrogen-bond acceptors (Lipinski definition) is 6. The first-order chi connectivity index (χ1) is 14.6.